The first kappa shape index (κ1) is 16.4. The molecule has 2 aliphatic rings. The van der Waals surface area contributed by atoms with Crippen molar-refractivity contribution in [3.63, 3.8) is 0 Å². The van der Waals surface area contributed by atoms with Crippen LogP contribution in [0.2, 0.25) is 0 Å². The predicted octanol–water partition coefficient (Wildman–Crippen LogP) is 4.98. The van der Waals surface area contributed by atoms with Crippen molar-refractivity contribution in [2.24, 2.45) is 5.92 Å². The highest BCUT2D eigenvalue weighted by Gasteiger charge is 2.23. The summed E-state index contributed by atoms with van der Waals surface area (Å²) in [5, 5.41) is 2.85. The lowest BCUT2D eigenvalue weighted by Gasteiger charge is -2.23. The smallest absolute Gasteiger partial charge is 0.0462 e. The van der Waals surface area contributed by atoms with Crippen molar-refractivity contribution < 1.29 is 0 Å². The summed E-state index contributed by atoms with van der Waals surface area (Å²) in [5.41, 5.74) is 10.1. The van der Waals surface area contributed by atoms with Gasteiger partial charge in [-0.3, -0.25) is 0 Å². The highest BCUT2D eigenvalue weighted by molar-refractivity contribution is 5.86. The van der Waals surface area contributed by atoms with Crippen molar-refractivity contribution in [1.29, 1.82) is 0 Å². The van der Waals surface area contributed by atoms with Gasteiger partial charge in [0.15, 0.2) is 0 Å². The van der Waals surface area contributed by atoms with Crippen LogP contribution in [0.25, 0.3) is 21.8 Å². The second-order valence-corrected chi connectivity index (χ2v) is 8.89. The number of benzene rings is 2. The number of nitrogens with one attached hydrogen (secondary N) is 2. The number of H-pyrrole nitrogens is 2. The van der Waals surface area contributed by atoms with E-state index in [1.807, 2.05) is 0 Å². The van der Waals surface area contributed by atoms with Crippen LogP contribution in [0, 0.1) is 5.92 Å². The van der Waals surface area contributed by atoms with Gasteiger partial charge in [0, 0.05) is 52.7 Å². The molecule has 0 bridgehead atoms. The molecule has 0 spiro atoms. The molecule has 3 nitrogen and oxygen atoms in total. The van der Waals surface area contributed by atoms with Gasteiger partial charge in [-0.25, -0.2) is 0 Å². The summed E-state index contributed by atoms with van der Waals surface area (Å²) in [4.78, 5) is 9.82. The maximum absolute atomic E-state index is 3.71. The summed E-state index contributed by atoms with van der Waals surface area (Å²) in [6.07, 6.45) is 5.98. The zero-order valence-corrected chi connectivity index (χ0v) is 16.5. The van der Waals surface area contributed by atoms with E-state index in [9.17, 15) is 0 Å². The van der Waals surface area contributed by atoms with Crippen molar-refractivity contribution >= 4 is 21.8 Å². The number of hydrogen-bond acceptors (Lipinski definition) is 1. The zero-order valence-electron chi connectivity index (χ0n) is 16.5. The van der Waals surface area contributed by atoms with Crippen LogP contribution >= 0.6 is 0 Å². The number of fused-ring (bicyclic) bond motifs is 6. The van der Waals surface area contributed by atoms with E-state index in [1.54, 1.807) is 5.56 Å². The third kappa shape index (κ3) is 2.61. The van der Waals surface area contributed by atoms with E-state index in [0.717, 1.165) is 25.4 Å². The third-order valence-corrected chi connectivity index (χ3v) is 6.95. The Morgan fingerprint density at radius 2 is 1.79 bits per heavy atom. The van der Waals surface area contributed by atoms with Gasteiger partial charge >= 0.3 is 0 Å². The molecule has 1 aliphatic heterocycles. The molecule has 0 saturated carbocycles. The molecule has 2 N–H and O–H groups in total. The molecule has 2 aromatic carbocycles. The molecule has 0 fully saturated rings. The topological polar surface area (TPSA) is 34.8 Å². The molecule has 4 aromatic rings. The summed E-state index contributed by atoms with van der Waals surface area (Å²) < 4.78 is 0. The van der Waals surface area contributed by atoms with Crippen molar-refractivity contribution in [3.8, 4) is 0 Å². The molecule has 0 saturated heterocycles. The van der Waals surface area contributed by atoms with Crippen LogP contribution in [0.1, 0.15) is 34.5 Å². The van der Waals surface area contributed by atoms with Gasteiger partial charge in [0.05, 0.1) is 0 Å². The van der Waals surface area contributed by atoms with Crippen LogP contribution < -0.4 is 0 Å². The lowest BCUT2D eigenvalue weighted by molar-refractivity contribution is 0.313. The molecule has 3 heterocycles. The van der Waals surface area contributed by atoms with Crippen LogP contribution in [0.15, 0.2) is 42.5 Å². The van der Waals surface area contributed by atoms with Crippen LogP contribution in [-0.4, -0.2) is 28.5 Å². The molecule has 0 radical (unpaired) electrons. The molecule has 3 heteroatoms. The molecule has 28 heavy (non-hydrogen) atoms. The lowest BCUT2D eigenvalue weighted by Crippen LogP contribution is -2.25. The predicted molar refractivity (Wildman–Crippen MR) is 116 cm³/mol. The summed E-state index contributed by atoms with van der Waals surface area (Å²) in [5.74, 6) is 0.730. The number of aromatic nitrogens is 2. The quantitative estimate of drug-likeness (QED) is 0.513. The average Bonchev–Trinajstić information content (AvgIpc) is 3.25. The standard InChI is InChI=1S/C25H27N3/c1-28-11-10-23-21(15-28)20-9-7-17(14-25(20)27-23)12-16-6-8-19-18-4-2-3-5-22(18)26-24(19)13-16/h2-5,7,9,14,16,26-27H,6,8,10-13,15H2,1H3/t16-/m1/s1. The monoisotopic (exact) mass is 369 g/mol. The fraction of sp³-hybridized carbons (Fsp3) is 0.360. The minimum atomic E-state index is 0.730. The van der Waals surface area contributed by atoms with Gasteiger partial charge in [-0.15, -0.1) is 0 Å². The van der Waals surface area contributed by atoms with E-state index in [1.165, 1.54) is 70.0 Å². The van der Waals surface area contributed by atoms with Gasteiger partial charge in [-0.2, -0.15) is 0 Å². The minimum absolute atomic E-state index is 0.730. The second kappa shape index (κ2) is 6.25. The number of likely N-dealkylation sites (N-methyl/N-ethyl adjacent to an activating group) is 1. The van der Waals surface area contributed by atoms with E-state index < -0.39 is 0 Å². The molecule has 1 atom stereocenters. The van der Waals surface area contributed by atoms with Gasteiger partial charge in [-0.05, 0) is 67.5 Å². The molecule has 6 rings (SSSR count). The number of aromatic amines is 2. The van der Waals surface area contributed by atoms with Crippen molar-refractivity contribution in [1.82, 2.24) is 14.9 Å². The first-order chi connectivity index (χ1) is 13.7. The van der Waals surface area contributed by atoms with E-state index in [0.29, 0.717) is 0 Å². The van der Waals surface area contributed by atoms with Crippen LogP contribution in [0.4, 0.5) is 0 Å². The minimum Gasteiger partial charge on any atom is -0.358 e. The molecule has 0 amide bonds. The first-order valence-electron chi connectivity index (χ1n) is 10.6. The van der Waals surface area contributed by atoms with E-state index >= 15 is 0 Å². The maximum atomic E-state index is 3.71. The number of para-hydroxylation sites is 1. The summed E-state index contributed by atoms with van der Waals surface area (Å²) in [6, 6.07) is 15.9. The average molecular weight is 370 g/mol. The Morgan fingerprint density at radius 1 is 0.929 bits per heavy atom. The summed E-state index contributed by atoms with van der Waals surface area (Å²) in [6.45, 7) is 2.22. The number of rotatable bonds is 2. The lowest BCUT2D eigenvalue weighted by atomic mass is 9.83. The SMILES string of the molecule is CN1CCc2[nH]c3cc(C[C@H]4CCc5c([nH]c6ccccc56)C4)ccc3c2C1. The van der Waals surface area contributed by atoms with Gasteiger partial charge < -0.3 is 14.9 Å². The molecule has 0 unspecified atom stereocenters. The molecule has 1 aliphatic carbocycles. The van der Waals surface area contributed by atoms with Gasteiger partial charge in [0.2, 0.25) is 0 Å². The largest absolute Gasteiger partial charge is 0.358 e. The summed E-state index contributed by atoms with van der Waals surface area (Å²) in [7, 11) is 2.22. The van der Waals surface area contributed by atoms with Crippen LogP contribution in [-0.2, 0) is 32.2 Å². The Balaban J connectivity index is 1.26. The first-order valence-corrected chi connectivity index (χ1v) is 10.6. The Bertz CT molecular complexity index is 1180. The van der Waals surface area contributed by atoms with Crippen LogP contribution in [0.5, 0.6) is 0 Å². The van der Waals surface area contributed by atoms with Gasteiger partial charge in [-0.1, -0.05) is 30.3 Å². The van der Waals surface area contributed by atoms with Crippen molar-refractivity contribution in [2.75, 3.05) is 13.6 Å². The van der Waals surface area contributed by atoms with E-state index in [2.05, 4.69) is 64.4 Å². The molecule has 142 valence electrons. The Hall–Kier alpha value is -2.52. The van der Waals surface area contributed by atoms with Crippen molar-refractivity contribution in [3.05, 3.63) is 70.5 Å². The molecule has 2 aromatic heterocycles. The third-order valence-electron chi connectivity index (χ3n) is 6.95. The second-order valence-electron chi connectivity index (χ2n) is 8.89. The Labute approximate surface area is 165 Å². The normalized spacial score (nSPS) is 19.8. The van der Waals surface area contributed by atoms with Crippen LogP contribution in [0.3, 0.4) is 0 Å². The van der Waals surface area contributed by atoms with E-state index in [-0.39, 0.29) is 0 Å². The zero-order chi connectivity index (χ0) is 18.7. The Morgan fingerprint density at radius 3 is 2.75 bits per heavy atom. The van der Waals surface area contributed by atoms with Crippen molar-refractivity contribution in [2.45, 2.75) is 38.6 Å². The highest BCUT2D eigenvalue weighted by atomic mass is 15.1. The van der Waals surface area contributed by atoms with Gasteiger partial charge in [0.1, 0.15) is 0 Å². The number of hydrogen-bond donors (Lipinski definition) is 2. The Kier molecular flexibility index (Phi) is 3.67. The number of nitrogens with zero attached hydrogens (tertiary/aromatic N) is 1. The fourth-order valence-electron chi connectivity index (χ4n) is 5.49. The van der Waals surface area contributed by atoms with Gasteiger partial charge in [0.25, 0.3) is 0 Å². The number of aryl methyl sites for hydroxylation is 1. The highest BCUT2D eigenvalue weighted by Crippen LogP contribution is 2.34. The molecular weight excluding hydrogens is 342 g/mol. The fourth-order valence-corrected chi connectivity index (χ4v) is 5.49. The summed E-state index contributed by atoms with van der Waals surface area (Å²) >= 11 is 0. The van der Waals surface area contributed by atoms with E-state index in [4.69, 9.17) is 0 Å². The maximum Gasteiger partial charge on any atom is 0.0462 e. The molecular formula is C25H27N3.